The number of hydrogen-bond donors (Lipinski definition) is 3. The third-order valence-electron chi connectivity index (χ3n) is 5.37. The van der Waals surface area contributed by atoms with Gasteiger partial charge in [0.2, 0.25) is 5.91 Å². The van der Waals surface area contributed by atoms with Crippen LogP contribution in [-0.4, -0.2) is 48.5 Å². The van der Waals surface area contributed by atoms with Gasteiger partial charge in [0.05, 0.1) is 0 Å². The Morgan fingerprint density at radius 1 is 1.10 bits per heavy atom. The van der Waals surface area contributed by atoms with Crippen molar-refractivity contribution in [2.45, 2.75) is 45.3 Å². The minimum atomic E-state index is -0.121. The Morgan fingerprint density at radius 3 is 2.47 bits per heavy atom. The lowest BCUT2D eigenvalue weighted by Gasteiger charge is -2.38. The maximum atomic E-state index is 12.2. The maximum Gasteiger partial charge on any atom is 0.246 e. The number of guanidine groups is 1. The summed E-state index contributed by atoms with van der Waals surface area (Å²) in [6, 6.07) is 20.9. The number of nitrogens with one attached hydrogen (secondary N) is 3. The average molecular weight is 408 g/mol. The highest BCUT2D eigenvalue weighted by atomic mass is 16.1. The third-order valence-corrected chi connectivity index (χ3v) is 5.37. The van der Waals surface area contributed by atoms with Crippen LogP contribution in [-0.2, 0) is 11.3 Å². The summed E-state index contributed by atoms with van der Waals surface area (Å²) < 4.78 is 0. The number of carbonyl (C=O) groups excluding carboxylic acids is 1. The Hall–Kier alpha value is -2.86. The van der Waals surface area contributed by atoms with Crippen LogP contribution in [0.15, 0.2) is 65.7 Å². The second kappa shape index (κ2) is 11.4. The highest BCUT2D eigenvalue weighted by molar-refractivity contribution is 5.94. The molecule has 1 fully saturated rings. The van der Waals surface area contributed by atoms with Gasteiger partial charge in [0.25, 0.3) is 0 Å². The molecule has 0 aromatic heterocycles. The first kappa shape index (κ1) is 21.8. The molecule has 3 N–H and O–H groups in total. The van der Waals surface area contributed by atoms with E-state index in [0.29, 0.717) is 18.0 Å². The molecular weight excluding hydrogens is 374 g/mol. The molecule has 1 heterocycles. The SMILES string of the molecule is CCNC(=NCC(=O)Nc1ccccc1)NC1CCN(Cc2ccccc2)C(C)C1. The van der Waals surface area contributed by atoms with E-state index in [-0.39, 0.29) is 12.5 Å². The molecule has 2 aromatic rings. The largest absolute Gasteiger partial charge is 0.357 e. The summed E-state index contributed by atoms with van der Waals surface area (Å²) in [6.45, 7) is 7.20. The molecule has 30 heavy (non-hydrogen) atoms. The number of piperidine rings is 1. The lowest BCUT2D eigenvalue weighted by Crippen LogP contribution is -2.51. The molecule has 2 unspecified atom stereocenters. The molecular formula is C24H33N5O. The second-order valence-electron chi connectivity index (χ2n) is 7.78. The molecule has 0 radical (unpaired) electrons. The normalized spacial score (nSPS) is 19.9. The summed E-state index contributed by atoms with van der Waals surface area (Å²) in [5.41, 5.74) is 2.14. The molecule has 1 amide bonds. The van der Waals surface area contributed by atoms with Gasteiger partial charge < -0.3 is 16.0 Å². The Balaban J connectivity index is 1.50. The summed E-state index contributed by atoms with van der Waals surface area (Å²) in [4.78, 5) is 19.2. The van der Waals surface area contributed by atoms with Crippen molar-refractivity contribution in [3.63, 3.8) is 0 Å². The number of anilines is 1. The topological polar surface area (TPSA) is 68.8 Å². The van der Waals surface area contributed by atoms with E-state index in [1.165, 1.54) is 5.56 Å². The third kappa shape index (κ3) is 6.88. The van der Waals surface area contributed by atoms with Gasteiger partial charge in [-0.15, -0.1) is 0 Å². The first-order valence-electron chi connectivity index (χ1n) is 10.8. The van der Waals surface area contributed by atoms with Crippen LogP contribution in [0.5, 0.6) is 0 Å². The summed E-state index contributed by atoms with van der Waals surface area (Å²) in [7, 11) is 0. The Labute approximate surface area is 179 Å². The van der Waals surface area contributed by atoms with Gasteiger partial charge >= 0.3 is 0 Å². The van der Waals surface area contributed by atoms with E-state index < -0.39 is 0 Å². The van der Waals surface area contributed by atoms with E-state index in [2.05, 4.69) is 63.1 Å². The quantitative estimate of drug-likeness (QED) is 0.487. The van der Waals surface area contributed by atoms with Crippen molar-refractivity contribution in [3.8, 4) is 0 Å². The van der Waals surface area contributed by atoms with Gasteiger partial charge in [0.15, 0.2) is 5.96 Å². The molecule has 2 atom stereocenters. The zero-order valence-corrected chi connectivity index (χ0v) is 18.0. The highest BCUT2D eigenvalue weighted by Gasteiger charge is 2.26. The van der Waals surface area contributed by atoms with Gasteiger partial charge in [-0.3, -0.25) is 9.69 Å². The molecule has 6 heteroatoms. The minimum absolute atomic E-state index is 0.0899. The van der Waals surface area contributed by atoms with Crippen molar-refractivity contribution in [3.05, 3.63) is 66.2 Å². The molecule has 0 bridgehead atoms. The van der Waals surface area contributed by atoms with Crippen molar-refractivity contribution in [1.29, 1.82) is 0 Å². The second-order valence-corrected chi connectivity index (χ2v) is 7.78. The van der Waals surface area contributed by atoms with Crippen molar-refractivity contribution in [2.24, 2.45) is 4.99 Å². The molecule has 0 aliphatic carbocycles. The first-order valence-corrected chi connectivity index (χ1v) is 10.8. The van der Waals surface area contributed by atoms with Crippen LogP contribution in [0.2, 0.25) is 0 Å². The van der Waals surface area contributed by atoms with Gasteiger partial charge in [-0.1, -0.05) is 48.5 Å². The number of para-hydroxylation sites is 1. The van der Waals surface area contributed by atoms with Gasteiger partial charge in [0.1, 0.15) is 6.54 Å². The molecule has 1 saturated heterocycles. The molecule has 160 valence electrons. The van der Waals surface area contributed by atoms with Crippen LogP contribution >= 0.6 is 0 Å². The number of benzene rings is 2. The smallest absolute Gasteiger partial charge is 0.246 e. The zero-order valence-electron chi connectivity index (χ0n) is 18.0. The summed E-state index contributed by atoms with van der Waals surface area (Å²) in [6.07, 6.45) is 2.10. The van der Waals surface area contributed by atoms with Gasteiger partial charge in [-0.2, -0.15) is 0 Å². The number of carbonyl (C=O) groups is 1. The van der Waals surface area contributed by atoms with Gasteiger partial charge in [0, 0.05) is 37.4 Å². The van der Waals surface area contributed by atoms with Crippen LogP contribution in [0.4, 0.5) is 5.69 Å². The summed E-state index contributed by atoms with van der Waals surface area (Å²) in [5.74, 6) is 0.582. The molecule has 1 aliphatic heterocycles. The molecule has 2 aromatic carbocycles. The van der Waals surface area contributed by atoms with E-state index in [9.17, 15) is 4.79 Å². The predicted octanol–water partition coefficient (Wildman–Crippen LogP) is 3.23. The van der Waals surface area contributed by atoms with Crippen LogP contribution < -0.4 is 16.0 Å². The van der Waals surface area contributed by atoms with Crippen LogP contribution in [0.3, 0.4) is 0 Å². The van der Waals surface area contributed by atoms with E-state index in [1.807, 2.05) is 37.3 Å². The number of nitrogens with zero attached hydrogens (tertiary/aromatic N) is 2. The number of aliphatic imine (C=N–C) groups is 1. The fraction of sp³-hybridized carbons (Fsp3) is 0.417. The maximum absolute atomic E-state index is 12.2. The van der Waals surface area contributed by atoms with Crippen LogP contribution in [0.25, 0.3) is 0 Å². The van der Waals surface area contributed by atoms with Gasteiger partial charge in [-0.05, 0) is 44.4 Å². The Bertz CT molecular complexity index is 809. The molecule has 6 nitrogen and oxygen atoms in total. The molecule has 3 rings (SSSR count). The van der Waals surface area contributed by atoms with E-state index in [0.717, 1.165) is 38.2 Å². The molecule has 0 spiro atoms. The van der Waals surface area contributed by atoms with Gasteiger partial charge in [-0.25, -0.2) is 4.99 Å². The Kier molecular flexibility index (Phi) is 8.27. The number of hydrogen-bond acceptors (Lipinski definition) is 3. The van der Waals surface area contributed by atoms with Crippen molar-refractivity contribution in [1.82, 2.24) is 15.5 Å². The lowest BCUT2D eigenvalue weighted by atomic mass is 9.97. The van der Waals surface area contributed by atoms with Crippen molar-refractivity contribution >= 4 is 17.6 Å². The summed E-state index contributed by atoms with van der Waals surface area (Å²) >= 11 is 0. The number of rotatable bonds is 7. The van der Waals surface area contributed by atoms with E-state index in [4.69, 9.17) is 0 Å². The zero-order chi connectivity index (χ0) is 21.2. The number of amides is 1. The summed E-state index contributed by atoms with van der Waals surface area (Å²) in [5, 5.41) is 9.65. The van der Waals surface area contributed by atoms with Crippen LogP contribution in [0, 0.1) is 0 Å². The van der Waals surface area contributed by atoms with Crippen LogP contribution in [0.1, 0.15) is 32.3 Å². The first-order chi connectivity index (χ1) is 14.6. The molecule has 0 saturated carbocycles. The predicted molar refractivity (Wildman–Crippen MR) is 124 cm³/mol. The number of likely N-dealkylation sites (tertiary alicyclic amines) is 1. The van der Waals surface area contributed by atoms with E-state index in [1.54, 1.807) is 0 Å². The van der Waals surface area contributed by atoms with E-state index >= 15 is 0 Å². The highest BCUT2D eigenvalue weighted by Crippen LogP contribution is 2.20. The molecule has 1 aliphatic rings. The standard InChI is InChI=1S/C24H33N5O/c1-3-25-24(26-17-23(30)27-21-12-8-5-9-13-21)28-22-14-15-29(19(2)16-22)18-20-10-6-4-7-11-20/h4-13,19,22H,3,14-18H2,1-2H3,(H,27,30)(H2,25,26,28). The fourth-order valence-electron chi connectivity index (χ4n) is 3.79. The van der Waals surface area contributed by atoms with Crippen molar-refractivity contribution in [2.75, 3.05) is 25.0 Å². The average Bonchev–Trinajstić information content (AvgIpc) is 2.76. The minimum Gasteiger partial charge on any atom is -0.357 e. The fourth-order valence-corrected chi connectivity index (χ4v) is 3.79. The lowest BCUT2D eigenvalue weighted by molar-refractivity contribution is -0.114. The monoisotopic (exact) mass is 407 g/mol. The Morgan fingerprint density at radius 2 is 1.80 bits per heavy atom. The van der Waals surface area contributed by atoms with Crippen molar-refractivity contribution < 1.29 is 4.79 Å².